The maximum atomic E-state index is 2.26. The molecular formula is C9H20Hg. The van der Waals surface area contributed by atoms with Gasteiger partial charge in [-0.25, -0.2) is 0 Å². The molecule has 0 fully saturated rings. The van der Waals surface area contributed by atoms with Crippen LogP contribution in [0.2, 0.25) is 0 Å². The zero-order chi connectivity index (χ0) is 6.95. The third kappa shape index (κ3) is 11.7. The third-order valence-corrected chi connectivity index (χ3v) is 1.71. The maximum Gasteiger partial charge on any atom is 0 e. The summed E-state index contributed by atoms with van der Waals surface area (Å²) >= 11 is 0. The van der Waals surface area contributed by atoms with Crippen LogP contribution in [0.15, 0.2) is 0 Å². The van der Waals surface area contributed by atoms with Crippen molar-refractivity contribution >= 4 is 0 Å². The Bertz CT molecular complexity index is 38.0. The van der Waals surface area contributed by atoms with Gasteiger partial charge in [-0.2, -0.15) is 0 Å². The molecule has 0 N–H and O–H groups in total. The Morgan fingerprint density at radius 3 is 1.20 bits per heavy atom. The summed E-state index contributed by atoms with van der Waals surface area (Å²) in [6.45, 7) is 4.53. The molecule has 0 saturated carbocycles. The first kappa shape index (κ1) is 13.5. The Morgan fingerprint density at radius 1 is 0.600 bits per heavy atom. The zero-order valence-corrected chi connectivity index (χ0v) is 13.2. The maximum absolute atomic E-state index is 2.26. The summed E-state index contributed by atoms with van der Waals surface area (Å²) < 4.78 is 0. The van der Waals surface area contributed by atoms with E-state index in [1.807, 2.05) is 0 Å². The van der Waals surface area contributed by atoms with E-state index < -0.39 is 0 Å². The SMILES string of the molecule is CCCCCCCCC.[Hg]. The van der Waals surface area contributed by atoms with Gasteiger partial charge in [-0.15, -0.1) is 0 Å². The molecule has 10 heavy (non-hydrogen) atoms. The quantitative estimate of drug-likeness (QED) is 0.514. The van der Waals surface area contributed by atoms with Crippen LogP contribution in [0.5, 0.6) is 0 Å². The van der Waals surface area contributed by atoms with Gasteiger partial charge in [0.15, 0.2) is 0 Å². The molecule has 0 amide bonds. The number of hydrogen-bond donors (Lipinski definition) is 0. The minimum Gasteiger partial charge on any atom is -0.0654 e. The van der Waals surface area contributed by atoms with Gasteiger partial charge in [0.25, 0.3) is 0 Å². The van der Waals surface area contributed by atoms with Crippen LogP contribution in [0.1, 0.15) is 58.8 Å². The molecule has 0 aliphatic carbocycles. The van der Waals surface area contributed by atoms with E-state index in [1.165, 1.54) is 44.9 Å². The fraction of sp³-hybridized carbons (Fsp3) is 1.00. The van der Waals surface area contributed by atoms with Crippen molar-refractivity contribution in [2.75, 3.05) is 0 Å². The predicted molar refractivity (Wildman–Crippen MR) is 43.7 cm³/mol. The van der Waals surface area contributed by atoms with Crippen LogP contribution >= 0.6 is 0 Å². The fourth-order valence-electron chi connectivity index (χ4n) is 1.03. The van der Waals surface area contributed by atoms with Gasteiger partial charge in [-0.05, 0) is 0 Å². The van der Waals surface area contributed by atoms with Crippen molar-refractivity contribution in [3.05, 3.63) is 0 Å². The van der Waals surface area contributed by atoms with E-state index in [9.17, 15) is 0 Å². The van der Waals surface area contributed by atoms with Crippen LogP contribution in [0.25, 0.3) is 0 Å². The summed E-state index contributed by atoms with van der Waals surface area (Å²) in [5.74, 6) is 0. The summed E-state index contributed by atoms with van der Waals surface area (Å²) in [6.07, 6.45) is 9.97. The second-order valence-corrected chi connectivity index (χ2v) is 2.77. The largest absolute Gasteiger partial charge is 0.0654 e. The van der Waals surface area contributed by atoms with Crippen molar-refractivity contribution in [3.63, 3.8) is 0 Å². The molecule has 0 nitrogen and oxygen atoms in total. The molecule has 0 heterocycles. The van der Waals surface area contributed by atoms with Crippen molar-refractivity contribution in [3.8, 4) is 0 Å². The van der Waals surface area contributed by atoms with E-state index in [-0.39, 0.29) is 27.7 Å². The standard InChI is InChI=1S/C9H20.Hg/c1-3-5-7-9-8-6-4-2;/h3-9H2,1-2H3;. The van der Waals surface area contributed by atoms with Gasteiger partial charge >= 0.3 is 0 Å². The van der Waals surface area contributed by atoms with Crippen molar-refractivity contribution in [2.45, 2.75) is 58.8 Å². The molecule has 0 aliphatic heterocycles. The van der Waals surface area contributed by atoms with E-state index >= 15 is 0 Å². The average molecular weight is 329 g/mol. The summed E-state index contributed by atoms with van der Waals surface area (Å²) in [5, 5.41) is 0. The average Bonchev–Trinajstić information content (AvgIpc) is 1.89. The normalized spacial score (nSPS) is 9.00. The van der Waals surface area contributed by atoms with Gasteiger partial charge < -0.3 is 0 Å². The number of rotatable bonds is 6. The molecular weight excluding hydrogens is 309 g/mol. The van der Waals surface area contributed by atoms with Gasteiger partial charge in [0, 0.05) is 27.7 Å². The van der Waals surface area contributed by atoms with Crippen molar-refractivity contribution in [1.82, 2.24) is 0 Å². The molecule has 0 bridgehead atoms. The molecule has 0 aromatic rings. The molecule has 0 rings (SSSR count). The Hall–Kier alpha value is 0.935. The number of unbranched alkanes of at least 4 members (excludes halogenated alkanes) is 6. The number of hydrogen-bond acceptors (Lipinski definition) is 0. The second kappa shape index (κ2) is 12.6. The smallest absolute Gasteiger partial charge is 0 e. The summed E-state index contributed by atoms with van der Waals surface area (Å²) in [5.41, 5.74) is 0. The molecule has 0 saturated heterocycles. The topological polar surface area (TPSA) is 0 Å². The van der Waals surface area contributed by atoms with Crippen LogP contribution in [-0.4, -0.2) is 0 Å². The Kier molecular flexibility index (Phi) is 17.0. The second-order valence-electron chi connectivity index (χ2n) is 2.77. The third-order valence-electron chi connectivity index (χ3n) is 1.71. The molecule has 0 aliphatic rings. The van der Waals surface area contributed by atoms with E-state index in [2.05, 4.69) is 13.8 Å². The summed E-state index contributed by atoms with van der Waals surface area (Å²) in [4.78, 5) is 0. The Labute approximate surface area is 86.3 Å². The molecule has 0 aromatic heterocycles. The monoisotopic (exact) mass is 330 g/mol. The van der Waals surface area contributed by atoms with Gasteiger partial charge in [-0.3, -0.25) is 0 Å². The van der Waals surface area contributed by atoms with Gasteiger partial charge in [0.2, 0.25) is 0 Å². The van der Waals surface area contributed by atoms with Gasteiger partial charge in [-0.1, -0.05) is 58.8 Å². The van der Waals surface area contributed by atoms with Crippen LogP contribution in [0, 0.1) is 0 Å². The fourth-order valence-corrected chi connectivity index (χ4v) is 1.03. The zero-order valence-electron chi connectivity index (χ0n) is 7.66. The van der Waals surface area contributed by atoms with E-state index in [1.54, 1.807) is 0 Å². The molecule has 0 atom stereocenters. The molecule has 0 unspecified atom stereocenters. The first-order chi connectivity index (χ1) is 4.41. The first-order valence-electron chi connectivity index (χ1n) is 4.41. The molecule has 0 aromatic carbocycles. The van der Waals surface area contributed by atoms with Crippen molar-refractivity contribution < 1.29 is 27.7 Å². The summed E-state index contributed by atoms with van der Waals surface area (Å²) in [6, 6.07) is 0. The first-order valence-corrected chi connectivity index (χ1v) is 4.41. The van der Waals surface area contributed by atoms with Gasteiger partial charge in [0.05, 0.1) is 0 Å². The van der Waals surface area contributed by atoms with Crippen LogP contribution < -0.4 is 0 Å². The van der Waals surface area contributed by atoms with Crippen LogP contribution in [-0.2, 0) is 27.7 Å². The van der Waals surface area contributed by atoms with E-state index in [0.717, 1.165) is 0 Å². The Morgan fingerprint density at radius 2 is 0.900 bits per heavy atom. The van der Waals surface area contributed by atoms with Crippen LogP contribution in [0.4, 0.5) is 0 Å². The predicted octanol–water partition coefficient (Wildman–Crippen LogP) is 3.75. The van der Waals surface area contributed by atoms with Gasteiger partial charge in [0.1, 0.15) is 0 Å². The van der Waals surface area contributed by atoms with E-state index in [0.29, 0.717) is 0 Å². The minimum atomic E-state index is 0. The van der Waals surface area contributed by atoms with E-state index in [4.69, 9.17) is 0 Å². The van der Waals surface area contributed by atoms with Crippen molar-refractivity contribution in [1.29, 1.82) is 0 Å². The van der Waals surface area contributed by atoms with Crippen molar-refractivity contribution in [2.24, 2.45) is 0 Å². The molecule has 58 valence electrons. The summed E-state index contributed by atoms with van der Waals surface area (Å²) in [7, 11) is 0. The minimum absolute atomic E-state index is 0. The van der Waals surface area contributed by atoms with Crippen LogP contribution in [0.3, 0.4) is 0 Å². The molecule has 0 spiro atoms. The molecule has 1 heteroatoms. The Balaban J connectivity index is 0. The molecule has 0 radical (unpaired) electrons.